The third-order valence-corrected chi connectivity index (χ3v) is 2.74. The summed E-state index contributed by atoms with van der Waals surface area (Å²) in [6.45, 7) is 5.52. The first kappa shape index (κ1) is 13.3. The van der Waals surface area contributed by atoms with Gasteiger partial charge in [0.15, 0.2) is 11.6 Å². The highest BCUT2D eigenvalue weighted by atomic mass is 35.5. The number of benzene rings is 1. The van der Waals surface area contributed by atoms with Crippen molar-refractivity contribution < 1.29 is 9.13 Å². The molecule has 0 bridgehead atoms. The highest BCUT2D eigenvalue weighted by Crippen LogP contribution is 2.34. The zero-order valence-corrected chi connectivity index (χ0v) is 10.8. The summed E-state index contributed by atoms with van der Waals surface area (Å²) >= 11 is 5.95. The maximum absolute atomic E-state index is 14.0. The number of aryl methyl sites for hydroxylation is 1. The molecular formula is C12H17ClFNO. The largest absolute Gasteiger partial charge is 0.492 e. The van der Waals surface area contributed by atoms with Crippen LogP contribution < -0.4 is 10.5 Å². The van der Waals surface area contributed by atoms with Gasteiger partial charge in [0.1, 0.15) is 0 Å². The van der Waals surface area contributed by atoms with Gasteiger partial charge in [-0.15, -0.1) is 0 Å². The molecule has 90 valence electrons. The molecule has 2 N–H and O–H groups in total. The van der Waals surface area contributed by atoms with E-state index in [0.29, 0.717) is 17.0 Å². The van der Waals surface area contributed by atoms with Crippen LogP contribution in [-0.4, -0.2) is 12.6 Å². The van der Waals surface area contributed by atoms with Crippen molar-refractivity contribution in [2.75, 3.05) is 7.11 Å². The Kier molecular flexibility index (Phi) is 3.81. The van der Waals surface area contributed by atoms with Crippen LogP contribution in [0.1, 0.15) is 25.0 Å². The average Bonchev–Trinajstić information content (AvgIpc) is 2.13. The SMILES string of the molecule is COc1c(F)c(CC(C)(C)N)cc(C)c1Cl. The number of hydrogen-bond donors (Lipinski definition) is 1. The third kappa shape index (κ3) is 2.86. The van der Waals surface area contributed by atoms with Crippen LogP contribution in [0, 0.1) is 12.7 Å². The molecule has 4 heteroatoms. The highest BCUT2D eigenvalue weighted by Gasteiger charge is 2.20. The lowest BCUT2D eigenvalue weighted by molar-refractivity contribution is 0.381. The maximum Gasteiger partial charge on any atom is 0.173 e. The molecule has 0 spiro atoms. The Bertz CT molecular complexity index is 399. The molecule has 2 nitrogen and oxygen atoms in total. The Morgan fingerprint density at radius 2 is 2.06 bits per heavy atom. The summed E-state index contributed by atoms with van der Waals surface area (Å²) in [5, 5.41) is 0.318. The van der Waals surface area contributed by atoms with Crippen LogP contribution >= 0.6 is 11.6 Å². The molecule has 0 heterocycles. The minimum absolute atomic E-state index is 0.0981. The van der Waals surface area contributed by atoms with Gasteiger partial charge >= 0.3 is 0 Å². The van der Waals surface area contributed by atoms with E-state index >= 15 is 0 Å². The topological polar surface area (TPSA) is 35.2 Å². The zero-order valence-electron chi connectivity index (χ0n) is 10.0. The molecule has 0 aromatic heterocycles. The number of methoxy groups -OCH3 is 1. The molecule has 0 unspecified atom stereocenters. The van der Waals surface area contributed by atoms with Gasteiger partial charge < -0.3 is 10.5 Å². The quantitative estimate of drug-likeness (QED) is 0.888. The smallest absolute Gasteiger partial charge is 0.173 e. The van der Waals surface area contributed by atoms with Crippen LogP contribution in [0.3, 0.4) is 0 Å². The Balaban J connectivity index is 3.26. The summed E-state index contributed by atoms with van der Waals surface area (Å²) < 4.78 is 18.9. The normalized spacial score (nSPS) is 11.7. The fraction of sp³-hybridized carbons (Fsp3) is 0.500. The van der Waals surface area contributed by atoms with E-state index in [4.69, 9.17) is 22.1 Å². The van der Waals surface area contributed by atoms with Crippen LogP contribution in [0.2, 0.25) is 5.02 Å². The van der Waals surface area contributed by atoms with Crippen LogP contribution in [0.15, 0.2) is 6.07 Å². The lowest BCUT2D eigenvalue weighted by Crippen LogP contribution is -2.34. The Morgan fingerprint density at radius 1 is 1.50 bits per heavy atom. The first-order chi connectivity index (χ1) is 7.26. The molecule has 0 radical (unpaired) electrons. The molecule has 1 rings (SSSR count). The number of halogens is 2. The van der Waals surface area contributed by atoms with Crippen molar-refractivity contribution in [3.8, 4) is 5.75 Å². The van der Waals surface area contributed by atoms with Crippen LogP contribution in [-0.2, 0) is 6.42 Å². The summed E-state index contributed by atoms with van der Waals surface area (Å²) in [6, 6.07) is 1.72. The van der Waals surface area contributed by atoms with Gasteiger partial charge in [0, 0.05) is 5.54 Å². The van der Waals surface area contributed by atoms with Gasteiger partial charge in [-0.05, 0) is 38.3 Å². The first-order valence-electron chi connectivity index (χ1n) is 5.06. The van der Waals surface area contributed by atoms with Crippen LogP contribution in [0.5, 0.6) is 5.75 Å². The Hall–Kier alpha value is -0.800. The Labute approximate surface area is 101 Å². The van der Waals surface area contributed by atoms with Gasteiger partial charge in [-0.2, -0.15) is 0 Å². The van der Waals surface area contributed by atoms with Crippen molar-refractivity contribution in [2.24, 2.45) is 5.73 Å². The first-order valence-corrected chi connectivity index (χ1v) is 5.44. The van der Waals surface area contributed by atoms with Crippen molar-refractivity contribution in [3.63, 3.8) is 0 Å². The minimum atomic E-state index is -0.466. The van der Waals surface area contributed by atoms with E-state index in [1.807, 2.05) is 20.8 Å². The highest BCUT2D eigenvalue weighted by molar-refractivity contribution is 6.32. The molecule has 0 saturated carbocycles. The van der Waals surface area contributed by atoms with Crippen LogP contribution in [0.25, 0.3) is 0 Å². The predicted molar refractivity (Wildman–Crippen MR) is 64.7 cm³/mol. The molecule has 0 aliphatic carbocycles. The summed E-state index contributed by atoms with van der Waals surface area (Å²) in [6.07, 6.45) is 0.438. The van der Waals surface area contributed by atoms with E-state index in [-0.39, 0.29) is 5.75 Å². The lowest BCUT2D eigenvalue weighted by atomic mass is 9.94. The van der Waals surface area contributed by atoms with E-state index in [1.54, 1.807) is 6.07 Å². The number of nitrogens with two attached hydrogens (primary N) is 1. The second kappa shape index (κ2) is 4.60. The molecule has 1 aromatic carbocycles. The summed E-state index contributed by atoms with van der Waals surface area (Å²) in [7, 11) is 1.40. The molecule has 0 aliphatic rings. The molecule has 0 fully saturated rings. The van der Waals surface area contributed by atoms with Gasteiger partial charge in [0.25, 0.3) is 0 Å². The average molecular weight is 246 g/mol. The van der Waals surface area contributed by atoms with Gasteiger partial charge in [-0.25, -0.2) is 4.39 Å². The van der Waals surface area contributed by atoms with Crippen molar-refractivity contribution >= 4 is 11.6 Å². The minimum Gasteiger partial charge on any atom is -0.492 e. The van der Waals surface area contributed by atoms with E-state index in [1.165, 1.54) is 7.11 Å². The van der Waals surface area contributed by atoms with Crippen LogP contribution in [0.4, 0.5) is 4.39 Å². The van der Waals surface area contributed by atoms with Crippen molar-refractivity contribution in [1.82, 2.24) is 0 Å². The van der Waals surface area contributed by atoms with E-state index < -0.39 is 11.4 Å². The monoisotopic (exact) mass is 245 g/mol. The second-order valence-corrected chi connectivity index (χ2v) is 5.06. The summed E-state index contributed by atoms with van der Waals surface area (Å²) in [5.74, 6) is -0.322. The second-order valence-electron chi connectivity index (χ2n) is 4.68. The molecule has 1 aromatic rings. The third-order valence-electron chi connectivity index (χ3n) is 2.27. The van der Waals surface area contributed by atoms with Crippen molar-refractivity contribution in [3.05, 3.63) is 28.0 Å². The fourth-order valence-corrected chi connectivity index (χ4v) is 1.82. The zero-order chi connectivity index (χ0) is 12.5. The van der Waals surface area contributed by atoms with E-state index in [9.17, 15) is 4.39 Å². The predicted octanol–water partition coefficient (Wildman–Crippen LogP) is 3.08. The van der Waals surface area contributed by atoms with Gasteiger partial charge in [0.2, 0.25) is 0 Å². The Morgan fingerprint density at radius 3 is 2.50 bits per heavy atom. The molecule has 0 amide bonds. The van der Waals surface area contributed by atoms with E-state index in [2.05, 4.69) is 0 Å². The van der Waals surface area contributed by atoms with Gasteiger partial charge in [0.05, 0.1) is 12.1 Å². The molecule has 16 heavy (non-hydrogen) atoms. The maximum atomic E-state index is 14.0. The number of ether oxygens (including phenoxy) is 1. The lowest BCUT2D eigenvalue weighted by Gasteiger charge is -2.20. The van der Waals surface area contributed by atoms with Crippen molar-refractivity contribution in [2.45, 2.75) is 32.7 Å². The molecular weight excluding hydrogens is 229 g/mol. The summed E-state index contributed by atoms with van der Waals surface area (Å²) in [4.78, 5) is 0. The standard InChI is InChI=1S/C12H17ClFNO/c1-7-5-8(6-12(2,3)15)10(14)11(16-4)9(7)13/h5H,6,15H2,1-4H3. The molecule has 0 atom stereocenters. The van der Waals surface area contributed by atoms with E-state index in [0.717, 1.165) is 5.56 Å². The molecule has 0 aliphatic heterocycles. The van der Waals surface area contributed by atoms with Gasteiger partial charge in [-0.3, -0.25) is 0 Å². The molecule has 0 saturated heterocycles. The number of rotatable bonds is 3. The van der Waals surface area contributed by atoms with Gasteiger partial charge in [-0.1, -0.05) is 17.7 Å². The number of hydrogen-bond acceptors (Lipinski definition) is 2. The van der Waals surface area contributed by atoms with Crippen molar-refractivity contribution in [1.29, 1.82) is 0 Å². The fourth-order valence-electron chi connectivity index (χ4n) is 1.61. The summed E-state index contributed by atoms with van der Waals surface area (Å²) in [5.41, 5.74) is 6.73.